The number of rotatable bonds is 4. The van der Waals surface area contributed by atoms with Gasteiger partial charge < -0.3 is 10.6 Å². The normalized spacial score (nSPS) is 12.2. The number of nitrogens with two attached hydrogens (primary N) is 1. The van der Waals surface area contributed by atoms with Crippen molar-refractivity contribution in [2.24, 2.45) is 5.73 Å². The molecule has 0 fully saturated rings. The molecule has 2 N–H and O–H groups in total. The second-order valence-corrected chi connectivity index (χ2v) is 5.62. The van der Waals surface area contributed by atoms with Gasteiger partial charge in [0.1, 0.15) is 0 Å². The van der Waals surface area contributed by atoms with Crippen LogP contribution in [0.5, 0.6) is 0 Å². The molecule has 2 aromatic rings. The Bertz CT molecular complexity index is 569. The van der Waals surface area contributed by atoms with Gasteiger partial charge in [0, 0.05) is 19.3 Å². The van der Waals surface area contributed by atoms with Crippen molar-refractivity contribution in [2.75, 3.05) is 18.5 Å². The highest BCUT2D eigenvalue weighted by Gasteiger charge is 2.16. The molecule has 0 aliphatic rings. The Morgan fingerprint density at radius 1 is 0.950 bits per heavy atom. The number of hydrogen-bond acceptors (Lipinski definition) is 2. The predicted molar refractivity (Wildman–Crippen MR) is 87.3 cm³/mol. The smallest absolute Gasteiger partial charge is 0.0661 e. The zero-order valence-corrected chi connectivity index (χ0v) is 12.9. The van der Waals surface area contributed by atoms with Crippen molar-refractivity contribution < 1.29 is 0 Å². The number of likely N-dealkylation sites (N-methyl/N-ethyl adjacent to an activating group) is 1. The van der Waals surface area contributed by atoms with Gasteiger partial charge in [0.15, 0.2) is 0 Å². The van der Waals surface area contributed by atoms with E-state index in [4.69, 9.17) is 5.73 Å². The summed E-state index contributed by atoms with van der Waals surface area (Å²) in [7, 11) is 2.12. The monoisotopic (exact) mass is 268 g/mol. The van der Waals surface area contributed by atoms with Crippen LogP contribution in [0.1, 0.15) is 28.3 Å². The van der Waals surface area contributed by atoms with Gasteiger partial charge in [-0.3, -0.25) is 0 Å². The quantitative estimate of drug-likeness (QED) is 0.915. The zero-order valence-electron chi connectivity index (χ0n) is 12.9. The summed E-state index contributed by atoms with van der Waals surface area (Å²) in [6.07, 6.45) is 0. The Morgan fingerprint density at radius 2 is 1.60 bits per heavy atom. The van der Waals surface area contributed by atoms with E-state index in [0.717, 1.165) is 0 Å². The lowest BCUT2D eigenvalue weighted by atomic mass is 10.00. The Balaban J connectivity index is 2.36. The van der Waals surface area contributed by atoms with Crippen molar-refractivity contribution >= 4 is 5.69 Å². The van der Waals surface area contributed by atoms with Crippen LogP contribution in [0.25, 0.3) is 0 Å². The molecule has 2 heteroatoms. The molecule has 0 aliphatic carbocycles. The third-order valence-corrected chi connectivity index (χ3v) is 3.73. The number of nitrogens with zero attached hydrogens (tertiary/aromatic N) is 1. The molecule has 0 saturated carbocycles. The average Bonchev–Trinajstić information content (AvgIpc) is 2.38. The minimum absolute atomic E-state index is 0.204. The van der Waals surface area contributed by atoms with Crippen molar-refractivity contribution in [2.45, 2.75) is 26.8 Å². The van der Waals surface area contributed by atoms with E-state index in [9.17, 15) is 0 Å². The van der Waals surface area contributed by atoms with E-state index in [2.05, 4.69) is 75.2 Å². The fourth-order valence-corrected chi connectivity index (χ4v) is 2.75. The molecule has 20 heavy (non-hydrogen) atoms. The molecule has 0 saturated heterocycles. The summed E-state index contributed by atoms with van der Waals surface area (Å²) in [5.41, 5.74) is 12.4. The lowest BCUT2D eigenvalue weighted by Gasteiger charge is -2.30. The first kappa shape index (κ1) is 14.6. The van der Waals surface area contributed by atoms with Crippen LogP contribution >= 0.6 is 0 Å². The molecule has 0 amide bonds. The molecule has 1 atom stereocenters. The molecule has 0 bridgehead atoms. The van der Waals surface area contributed by atoms with Gasteiger partial charge in [-0.15, -0.1) is 0 Å². The molecule has 2 nitrogen and oxygen atoms in total. The van der Waals surface area contributed by atoms with Gasteiger partial charge in [0.25, 0.3) is 0 Å². The Hall–Kier alpha value is -1.80. The molecule has 2 aromatic carbocycles. The first-order valence-electron chi connectivity index (χ1n) is 7.09. The highest BCUT2D eigenvalue weighted by atomic mass is 15.1. The Kier molecular flexibility index (Phi) is 4.46. The summed E-state index contributed by atoms with van der Waals surface area (Å²) >= 11 is 0. The van der Waals surface area contributed by atoms with Crippen LogP contribution in [0.3, 0.4) is 0 Å². The lowest BCUT2D eigenvalue weighted by molar-refractivity contribution is 0.679. The van der Waals surface area contributed by atoms with Crippen molar-refractivity contribution in [3.8, 4) is 0 Å². The fraction of sp³-hybridized carbons (Fsp3) is 0.333. The largest absolute Gasteiger partial charge is 0.366 e. The molecule has 0 aliphatic heterocycles. The van der Waals surface area contributed by atoms with Crippen molar-refractivity contribution in [1.29, 1.82) is 0 Å². The molecule has 0 aromatic heterocycles. The maximum atomic E-state index is 6.04. The summed E-state index contributed by atoms with van der Waals surface area (Å²) in [4.78, 5) is 2.27. The first-order valence-corrected chi connectivity index (χ1v) is 7.09. The van der Waals surface area contributed by atoms with Gasteiger partial charge in [0.05, 0.1) is 6.04 Å². The summed E-state index contributed by atoms with van der Waals surface area (Å²) < 4.78 is 0. The van der Waals surface area contributed by atoms with Crippen molar-refractivity contribution in [1.82, 2.24) is 0 Å². The lowest BCUT2D eigenvalue weighted by Crippen LogP contribution is -2.30. The Labute approximate surface area is 122 Å². The van der Waals surface area contributed by atoms with Crippen LogP contribution < -0.4 is 10.6 Å². The number of aryl methyl sites for hydroxylation is 3. The molecule has 0 radical (unpaired) electrons. The molecule has 1 unspecified atom stereocenters. The van der Waals surface area contributed by atoms with Gasteiger partial charge >= 0.3 is 0 Å². The van der Waals surface area contributed by atoms with E-state index >= 15 is 0 Å². The molecule has 106 valence electrons. The molecular formula is C18H24N2. The number of hydrogen-bond donors (Lipinski definition) is 1. The second-order valence-electron chi connectivity index (χ2n) is 5.62. The van der Waals surface area contributed by atoms with Crippen LogP contribution in [0, 0.1) is 20.8 Å². The van der Waals surface area contributed by atoms with Gasteiger partial charge in [0.2, 0.25) is 0 Å². The summed E-state index contributed by atoms with van der Waals surface area (Å²) in [5, 5.41) is 0. The highest BCUT2D eigenvalue weighted by Crippen LogP contribution is 2.26. The molecular weight excluding hydrogens is 244 g/mol. The maximum absolute atomic E-state index is 6.04. The average molecular weight is 268 g/mol. The highest BCUT2D eigenvalue weighted by molar-refractivity contribution is 5.50. The van der Waals surface area contributed by atoms with E-state index in [1.807, 2.05) is 0 Å². The minimum Gasteiger partial charge on any atom is -0.366 e. The number of benzene rings is 2. The van der Waals surface area contributed by atoms with Crippen molar-refractivity contribution in [3.05, 3.63) is 64.7 Å². The Morgan fingerprint density at radius 3 is 2.15 bits per heavy atom. The summed E-state index contributed by atoms with van der Waals surface area (Å²) in [6.45, 7) is 6.99. The van der Waals surface area contributed by atoms with Gasteiger partial charge in [-0.25, -0.2) is 0 Å². The molecule has 2 rings (SSSR count). The molecule has 0 spiro atoms. The maximum Gasteiger partial charge on any atom is 0.0661 e. The van der Waals surface area contributed by atoms with Crippen LogP contribution in [0.15, 0.2) is 42.5 Å². The van der Waals surface area contributed by atoms with Gasteiger partial charge in [-0.05, 0) is 44.0 Å². The minimum atomic E-state index is 0.204. The third-order valence-electron chi connectivity index (χ3n) is 3.73. The molecule has 0 heterocycles. The van der Waals surface area contributed by atoms with E-state index in [1.165, 1.54) is 27.9 Å². The number of anilines is 1. The zero-order chi connectivity index (χ0) is 14.7. The van der Waals surface area contributed by atoms with E-state index in [-0.39, 0.29) is 6.04 Å². The topological polar surface area (TPSA) is 29.3 Å². The standard InChI is InChI=1S/C18H24N2/c1-13-6-5-7-17(11-13)20(4)18(12-19)16-9-14(2)8-15(3)10-16/h5-11,18H,12,19H2,1-4H3. The summed E-state index contributed by atoms with van der Waals surface area (Å²) in [5.74, 6) is 0. The van der Waals surface area contributed by atoms with E-state index in [0.29, 0.717) is 6.54 Å². The van der Waals surface area contributed by atoms with E-state index in [1.54, 1.807) is 0 Å². The van der Waals surface area contributed by atoms with Crippen molar-refractivity contribution in [3.63, 3.8) is 0 Å². The van der Waals surface area contributed by atoms with E-state index < -0.39 is 0 Å². The van der Waals surface area contributed by atoms with Crippen LogP contribution in [-0.2, 0) is 0 Å². The first-order chi connectivity index (χ1) is 9.51. The van der Waals surface area contributed by atoms with Crippen LogP contribution in [0.2, 0.25) is 0 Å². The summed E-state index contributed by atoms with van der Waals surface area (Å²) in [6, 6.07) is 15.4. The fourth-order valence-electron chi connectivity index (χ4n) is 2.75. The van der Waals surface area contributed by atoms with Crippen LogP contribution in [0.4, 0.5) is 5.69 Å². The van der Waals surface area contributed by atoms with Crippen LogP contribution in [-0.4, -0.2) is 13.6 Å². The van der Waals surface area contributed by atoms with Gasteiger partial charge in [-0.2, -0.15) is 0 Å². The van der Waals surface area contributed by atoms with Gasteiger partial charge in [-0.1, -0.05) is 41.5 Å². The second kappa shape index (κ2) is 6.10. The SMILES string of the molecule is Cc1cc(C)cc(C(CN)N(C)c2cccc(C)c2)c1. The predicted octanol–water partition coefficient (Wildman–Crippen LogP) is 3.75. The third kappa shape index (κ3) is 3.20.